The molecule has 0 radical (unpaired) electrons. The van der Waals surface area contributed by atoms with Gasteiger partial charge in [0.2, 0.25) is 0 Å². The lowest BCUT2D eigenvalue weighted by molar-refractivity contribution is 0.299. The molecule has 0 unspecified atom stereocenters. The van der Waals surface area contributed by atoms with E-state index in [4.69, 9.17) is 5.26 Å². The number of nitrogens with zero attached hydrogens (tertiary/aromatic N) is 2. The standard InChI is InChI=1S/C15H18N2/c16-11-5-13-17(15-9-10-15)12-4-8-14-6-2-1-3-7-14/h1-4,6-8,15H,5,9-10,12-13H2. The average Bonchev–Trinajstić information content (AvgIpc) is 3.19. The van der Waals surface area contributed by atoms with Gasteiger partial charge in [-0.05, 0) is 18.4 Å². The van der Waals surface area contributed by atoms with E-state index in [1.807, 2.05) is 18.2 Å². The van der Waals surface area contributed by atoms with Crippen LogP contribution in [0.3, 0.4) is 0 Å². The maximum absolute atomic E-state index is 8.63. The molecule has 1 aromatic rings. The summed E-state index contributed by atoms with van der Waals surface area (Å²) in [4.78, 5) is 2.41. The zero-order valence-electron chi connectivity index (χ0n) is 10.0. The van der Waals surface area contributed by atoms with E-state index in [0.717, 1.165) is 19.1 Å². The first-order valence-electron chi connectivity index (χ1n) is 6.23. The first-order valence-corrected chi connectivity index (χ1v) is 6.23. The van der Waals surface area contributed by atoms with Crippen LogP contribution in [-0.4, -0.2) is 24.0 Å². The molecule has 2 nitrogen and oxygen atoms in total. The van der Waals surface area contributed by atoms with Gasteiger partial charge in [-0.3, -0.25) is 4.90 Å². The quantitative estimate of drug-likeness (QED) is 0.745. The van der Waals surface area contributed by atoms with Gasteiger partial charge in [0.15, 0.2) is 0 Å². The summed E-state index contributed by atoms with van der Waals surface area (Å²) in [6.45, 7) is 1.86. The van der Waals surface area contributed by atoms with Crippen LogP contribution in [0.2, 0.25) is 0 Å². The molecule has 0 spiro atoms. The van der Waals surface area contributed by atoms with Crippen molar-refractivity contribution in [1.82, 2.24) is 4.90 Å². The second-order valence-corrected chi connectivity index (χ2v) is 4.45. The van der Waals surface area contributed by atoms with Crippen LogP contribution in [-0.2, 0) is 0 Å². The van der Waals surface area contributed by atoms with Crippen LogP contribution in [0.5, 0.6) is 0 Å². The van der Waals surface area contributed by atoms with Crippen molar-refractivity contribution in [2.75, 3.05) is 13.1 Å². The molecule has 0 amide bonds. The summed E-state index contributed by atoms with van der Waals surface area (Å²) in [6.07, 6.45) is 7.58. The molecule has 2 heteroatoms. The van der Waals surface area contributed by atoms with Crippen LogP contribution in [0.1, 0.15) is 24.8 Å². The first-order chi connectivity index (χ1) is 8.40. The third-order valence-electron chi connectivity index (χ3n) is 3.02. The van der Waals surface area contributed by atoms with E-state index in [1.165, 1.54) is 18.4 Å². The van der Waals surface area contributed by atoms with Gasteiger partial charge in [0.1, 0.15) is 0 Å². The van der Waals surface area contributed by atoms with E-state index in [9.17, 15) is 0 Å². The number of nitriles is 1. The Bertz CT molecular complexity index is 399. The van der Waals surface area contributed by atoms with Crippen LogP contribution in [0, 0.1) is 11.3 Å². The average molecular weight is 226 g/mol. The predicted octanol–water partition coefficient (Wildman–Crippen LogP) is 3.08. The molecular formula is C15H18N2. The highest BCUT2D eigenvalue weighted by Gasteiger charge is 2.27. The molecule has 0 bridgehead atoms. The van der Waals surface area contributed by atoms with E-state index in [-0.39, 0.29) is 0 Å². The lowest BCUT2D eigenvalue weighted by atomic mass is 10.2. The molecule has 1 aromatic carbocycles. The van der Waals surface area contributed by atoms with Gasteiger partial charge in [0.05, 0.1) is 6.07 Å². The van der Waals surface area contributed by atoms with Crippen LogP contribution in [0.4, 0.5) is 0 Å². The topological polar surface area (TPSA) is 27.0 Å². The molecule has 0 aliphatic heterocycles. The van der Waals surface area contributed by atoms with Crippen LogP contribution in [0.25, 0.3) is 6.08 Å². The Kier molecular flexibility index (Phi) is 4.35. The molecular weight excluding hydrogens is 208 g/mol. The predicted molar refractivity (Wildman–Crippen MR) is 70.3 cm³/mol. The maximum Gasteiger partial charge on any atom is 0.0635 e. The largest absolute Gasteiger partial charge is 0.296 e. The van der Waals surface area contributed by atoms with Gasteiger partial charge in [0, 0.05) is 25.6 Å². The van der Waals surface area contributed by atoms with Crippen molar-refractivity contribution in [3.8, 4) is 6.07 Å². The maximum atomic E-state index is 8.63. The molecule has 0 aromatic heterocycles. The normalized spacial score (nSPS) is 15.3. The minimum Gasteiger partial charge on any atom is -0.296 e. The van der Waals surface area contributed by atoms with Crippen LogP contribution < -0.4 is 0 Å². The van der Waals surface area contributed by atoms with Crippen molar-refractivity contribution in [1.29, 1.82) is 5.26 Å². The highest BCUT2D eigenvalue weighted by Crippen LogP contribution is 2.26. The van der Waals surface area contributed by atoms with E-state index >= 15 is 0 Å². The van der Waals surface area contributed by atoms with Crippen molar-refractivity contribution in [2.45, 2.75) is 25.3 Å². The molecule has 0 saturated heterocycles. The van der Waals surface area contributed by atoms with Gasteiger partial charge in [0.25, 0.3) is 0 Å². The Labute approximate surface area is 103 Å². The third kappa shape index (κ3) is 4.05. The van der Waals surface area contributed by atoms with Gasteiger partial charge in [-0.25, -0.2) is 0 Å². The minimum atomic E-state index is 0.635. The SMILES string of the molecule is N#CCCN(CC=Cc1ccccc1)C1CC1. The zero-order chi connectivity index (χ0) is 11.9. The fraction of sp³-hybridized carbons (Fsp3) is 0.400. The first kappa shape index (κ1) is 11.9. The molecule has 1 fully saturated rings. The van der Waals surface area contributed by atoms with Gasteiger partial charge in [-0.15, -0.1) is 0 Å². The van der Waals surface area contributed by atoms with Crippen molar-refractivity contribution < 1.29 is 0 Å². The van der Waals surface area contributed by atoms with E-state index in [1.54, 1.807) is 0 Å². The summed E-state index contributed by atoms with van der Waals surface area (Å²) in [7, 11) is 0. The van der Waals surface area contributed by atoms with E-state index in [0.29, 0.717) is 6.42 Å². The van der Waals surface area contributed by atoms with Crippen molar-refractivity contribution in [3.63, 3.8) is 0 Å². The van der Waals surface area contributed by atoms with Crippen LogP contribution in [0.15, 0.2) is 36.4 Å². The summed E-state index contributed by atoms with van der Waals surface area (Å²) < 4.78 is 0. The molecule has 1 saturated carbocycles. The highest BCUT2D eigenvalue weighted by molar-refractivity contribution is 5.48. The third-order valence-corrected chi connectivity index (χ3v) is 3.02. The Morgan fingerprint density at radius 3 is 2.71 bits per heavy atom. The Morgan fingerprint density at radius 2 is 2.06 bits per heavy atom. The summed E-state index contributed by atoms with van der Waals surface area (Å²) in [5.74, 6) is 0. The monoisotopic (exact) mass is 226 g/mol. The molecule has 1 aliphatic carbocycles. The second-order valence-electron chi connectivity index (χ2n) is 4.45. The molecule has 2 rings (SSSR count). The molecule has 88 valence electrons. The Balaban J connectivity index is 1.82. The smallest absolute Gasteiger partial charge is 0.0635 e. The number of benzene rings is 1. The van der Waals surface area contributed by atoms with Gasteiger partial charge >= 0.3 is 0 Å². The fourth-order valence-corrected chi connectivity index (χ4v) is 1.94. The lowest BCUT2D eigenvalue weighted by Gasteiger charge is -2.18. The van der Waals surface area contributed by atoms with Gasteiger partial charge < -0.3 is 0 Å². The minimum absolute atomic E-state index is 0.635. The zero-order valence-corrected chi connectivity index (χ0v) is 10.0. The van der Waals surface area contributed by atoms with Gasteiger partial charge in [-0.2, -0.15) is 5.26 Å². The molecule has 0 atom stereocenters. The second kappa shape index (κ2) is 6.22. The number of hydrogen-bond acceptors (Lipinski definition) is 2. The van der Waals surface area contributed by atoms with E-state index in [2.05, 4.69) is 35.3 Å². The summed E-state index contributed by atoms with van der Waals surface area (Å²) in [5, 5.41) is 8.63. The molecule has 17 heavy (non-hydrogen) atoms. The summed E-state index contributed by atoms with van der Waals surface area (Å²) in [5.41, 5.74) is 1.24. The number of hydrogen-bond donors (Lipinski definition) is 0. The molecule has 0 heterocycles. The van der Waals surface area contributed by atoms with Gasteiger partial charge in [-0.1, -0.05) is 42.5 Å². The van der Waals surface area contributed by atoms with Crippen molar-refractivity contribution in [3.05, 3.63) is 42.0 Å². The Hall–Kier alpha value is -1.59. The fourth-order valence-electron chi connectivity index (χ4n) is 1.94. The molecule has 0 N–H and O–H groups in total. The lowest BCUT2D eigenvalue weighted by Crippen LogP contribution is -2.27. The molecule has 1 aliphatic rings. The van der Waals surface area contributed by atoms with Crippen molar-refractivity contribution >= 4 is 6.08 Å². The van der Waals surface area contributed by atoms with E-state index < -0.39 is 0 Å². The number of rotatable bonds is 6. The summed E-state index contributed by atoms with van der Waals surface area (Å²) >= 11 is 0. The van der Waals surface area contributed by atoms with Crippen LogP contribution >= 0.6 is 0 Å². The Morgan fingerprint density at radius 1 is 1.29 bits per heavy atom. The van der Waals surface area contributed by atoms with Crippen molar-refractivity contribution in [2.24, 2.45) is 0 Å². The summed E-state index contributed by atoms with van der Waals surface area (Å²) in [6, 6.07) is 13.3. The highest BCUT2D eigenvalue weighted by atomic mass is 15.2.